The van der Waals surface area contributed by atoms with Gasteiger partial charge in [0, 0.05) is 0 Å². The highest BCUT2D eigenvalue weighted by Gasteiger charge is 2.32. The van der Waals surface area contributed by atoms with E-state index in [1.807, 2.05) is 20.8 Å². The van der Waals surface area contributed by atoms with E-state index in [9.17, 15) is 9.59 Å². The highest BCUT2D eigenvalue weighted by atomic mass is 16.5. The number of amides is 1. The number of esters is 1. The first kappa shape index (κ1) is 15.8. The number of nitrogens with one attached hydrogen (secondary N) is 1. The molecular formula is C18H24N2O3. The fraction of sp³-hybridized carbons (Fsp3) is 0.556. The van der Waals surface area contributed by atoms with Crippen LogP contribution in [0.1, 0.15) is 44.7 Å². The van der Waals surface area contributed by atoms with Crippen LogP contribution in [-0.2, 0) is 27.2 Å². The van der Waals surface area contributed by atoms with E-state index in [0.29, 0.717) is 0 Å². The van der Waals surface area contributed by atoms with E-state index in [4.69, 9.17) is 4.74 Å². The number of carbonyl (C=O) groups excluding carboxylic acids is 2. The minimum atomic E-state index is -0.369. The lowest BCUT2D eigenvalue weighted by Crippen LogP contribution is -2.48. The van der Waals surface area contributed by atoms with Gasteiger partial charge < -0.3 is 10.1 Å². The monoisotopic (exact) mass is 316 g/mol. The summed E-state index contributed by atoms with van der Waals surface area (Å²) in [4.78, 5) is 26.1. The molecule has 1 heterocycles. The van der Waals surface area contributed by atoms with Crippen molar-refractivity contribution in [3.8, 4) is 0 Å². The largest absolute Gasteiger partial charge is 0.462 e. The van der Waals surface area contributed by atoms with E-state index in [2.05, 4.69) is 17.4 Å². The first-order valence-corrected chi connectivity index (χ1v) is 8.39. The number of rotatable bonds is 3. The van der Waals surface area contributed by atoms with Crippen molar-refractivity contribution in [1.29, 1.82) is 0 Å². The molecule has 0 saturated carbocycles. The summed E-state index contributed by atoms with van der Waals surface area (Å²) >= 11 is 0. The zero-order valence-corrected chi connectivity index (χ0v) is 14.0. The van der Waals surface area contributed by atoms with E-state index in [1.54, 1.807) is 4.90 Å². The second-order valence-electron chi connectivity index (χ2n) is 6.67. The average molecular weight is 316 g/mol. The molecule has 1 aliphatic carbocycles. The van der Waals surface area contributed by atoms with Gasteiger partial charge in [-0.2, -0.15) is 0 Å². The van der Waals surface area contributed by atoms with Crippen molar-refractivity contribution >= 4 is 23.3 Å². The predicted octanol–water partition coefficient (Wildman–Crippen LogP) is 2.66. The number of hydrogen-bond donors (Lipinski definition) is 1. The van der Waals surface area contributed by atoms with E-state index in [-0.39, 0.29) is 30.6 Å². The van der Waals surface area contributed by atoms with Gasteiger partial charge in [0.1, 0.15) is 12.6 Å². The third kappa shape index (κ3) is 3.19. The van der Waals surface area contributed by atoms with Crippen molar-refractivity contribution in [2.45, 2.75) is 58.6 Å². The first-order valence-electron chi connectivity index (χ1n) is 8.39. The standard InChI is InChI=1S/C18H24N2O3/c1-11(2)23-17(21)10-20-16-9-14-7-5-4-6-13(14)8-15(16)19-12(3)18(20)22/h8-9,11-12,19H,4-7,10H2,1-3H3. The van der Waals surface area contributed by atoms with Gasteiger partial charge in [-0.25, -0.2) is 0 Å². The molecule has 1 amide bonds. The van der Waals surface area contributed by atoms with Crippen molar-refractivity contribution in [3.63, 3.8) is 0 Å². The van der Waals surface area contributed by atoms with E-state index in [1.165, 1.54) is 24.0 Å². The summed E-state index contributed by atoms with van der Waals surface area (Å²) in [7, 11) is 0. The van der Waals surface area contributed by atoms with Crippen LogP contribution in [0.4, 0.5) is 11.4 Å². The number of fused-ring (bicyclic) bond motifs is 2. The molecule has 1 unspecified atom stereocenters. The topological polar surface area (TPSA) is 58.6 Å². The minimum absolute atomic E-state index is 0.0329. The second kappa shape index (κ2) is 6.22. The van der Waals surface area contributed by atoms with E-state index < -0.39 is 0 Å². The summed E-state index contributed by atoms with van der Waals surface area (Å²) in [5.41, 5.74) is 4.39. The van der Waals surface area contributed by atoms with Crippen LogP contribution in [0.3, 0.4) is 0 Å². The Morgan fingerprint density at radius 2 is 1.96 bits per heavy atom. The highest BCUT2D eigenvalue weighted by Crippen LogP contribution is 2.36. The summed E-state index contributed by atoms with van der Waals surface area (Å²) in [6.45, 7) is 5.41. The Balaban J connectivity index is 1.93. The number of benzene rings is 1. The number of ether oxygens (including phenoxy) is 1. The molecule has 1 aromatic rings. The average Bonchev–Trinajstić information content (AvgIpc) is 2.49. The van der Waals surface area contributed by atoms with Gasteiger partial charge in [0.25, 0.3) is 0 Å². The van der Waals surface area contributed by atoms with Gasteiger partial charge in [-0.15, -0.1) is 0 Å². The predicted molar refractivity (Wildman–Crippen MR) is 89.7 cm³/mol. The fourth-order valence-corrected chi connectivity index (χ4v) is 3.35. The Morgan fingerprint density at radius 1 is 1.30 bits per heavy atom. The van der Waals surface area contributed by atoms with Gasteiger partial charge in [-0.1, -0.05) is 0 Å². The lowest BCUT2D eigenvalue weighted by molar-refractivity contribution is -0.146. The second-order valence-corrected chi connectivity index (χ2v) is 6.67. The third-order valence-corrected chi connectivity index (χ3v) is 4.41. The molecule has 1 aliphatic heterocycles. The molecule has 5 heteroatoms. The van der Waals surface area contributed by atoms with Crippen molar-refractivity contribution in [2.24, 2.45) is 0 Å². The van der Waals surface area contributed by atoms with Crippen molar-refractivity contribution in [2.75, 3.05) is 16.8 Å². The van der Waals surface area contributed by atoms with E-state index in [0.717, 1.165) is 24.2 Å². The summed E-state index contributed by atoms with van der Waals surface area (Å²) in [6.07, 6.45) is 4.34. The van der Waals surface area contributed by atoms with Crippen LogP contribution in [0.25, 0.3) is 0 Å². The van der Waals surface area contributed by atoms with Gasteiger partial charge in [-0.05, 0) is 69.7 Å². The zero-order chi connectivity index (χ0) is 16.6. The SMILES string of the molecule is CC(C)OC(=O)CN1C(=O)C(C)Nc2cc3c(cc21)CCCC3. The molecule has 0 aromatic heterocycles. The van der Waals surface area contributed by atoms with Gasteiger partial charge in [0.15, 0.2) is 0 Å². The molecule has 0 fully saturated rings. The number of nitrogens with zero attached hydrogens (tertiary/aromatic N) is 1. The van der Waals surface area contributed by atoms with Crippen LogP contribution in [0, 0.1) is 0 Å². The molecule has 0 radical (unpaired) electrons. The molecule has 1 N–H and O–H groups in total. The third-order valence-electron chi connectivity index (χ3n) is 4.41. The van der Waals surface area contributed by atoms with Crippen LogP contribution in [0.2, 0.25) is 0 Å². The molecule has 0 saturated heterocycles. The summed E-state index contributed by atoms with van der Waals surface area (Å²) in [5, 5.41) is 3.26. The lowest BCUT2D eigenvalue weighted by Gasteiger charge is -2.35. The maximum Gasteiger partial charge on any atom is 0.326 e. The molecule has 0 spiro atoms. The number of hydrogen-bond acceptors (Lipinski definition) is 4. The summed E-state index contributed by atoms with van der Waals surface area (Å²) in [5.74, 6) is -0.458. The smallest absolute Gasteiger partial charge is 0.326 e. The molecule has 5 nitrogen and oxygen atoms in total. The lowest BCUT2D eigenvalue weighted by atomic mass is 9.90. The minimum Gasteiger partial charge on any atom is -0.462 e. The molecule has 23 heavy (non-hydrogen) atoms. The number of aryl methyl sites for hydroxylation is 2. The van der Waals surface area contributed by atoms with Crippen LogP contribution < -0.4 is 10.2 Å². The van der Waals surface area contributed by atoms with Crippen LogP contribution >= 0.6 is 0 Å². The van der Waals surface area contributed by atoms with Gasteiger partial charge in [-0.3, -0.25) is 14.5 Å². The summed E-state index contributed by atoms with van der Waals surface area (Å²) in [6, 6.07) is 3.88. The maximum absolute atomic E-state index is 12.5. The quantitative estimate of drug-likeness (QED) is 0.871. The van der Waals surface area contributed by atoms with Gasteiger partial charge in [0.2, 0.25) is 5.91 Å². The van der Waals surface area contributed by atoms with Crippen molar-refractivity contribution in [3.05, 3.63) is 23.3 Å². The molecule has 124 valence electrons. The van der Waals surface area contributed by atoms with Crippen LogP contribution in [-0.4, -0.2) is 30.6 Å². The Kier molecular flexibility index (Phi) is 4.28. The van der Waals surface area contributed by atoms with Crippen LogP contribution in [0.5, 0.6) is 0 Å². The van der Waals surface area contributed by atoms with Crippen LogP contribution in [0.15, 0.2) is 12.1 Å². The first-order chi connectivity index (χ1) is 11.0. The molecule has 1 atom stereocenters. The van der Waals surface area contributed by atoms with Crippen molar-refractivity contribution < 1.29 is 14.3 Å². The molecule has 2 aliphatic rings. The number of anilines is 2. The molecule has 3 rings (SSSR count). The Morgan fingerprint density at radius 3 is 2.61 bits per heavy atom. The fourth-order valence-electron chi connectivity index (χ4n) is 3.35. The normalized spacial score (nSPS) is 19.9. The molecule has 0 bridgehead atoms. The van der Waals surface area contributed by atoms with Gasteiger partial charge in [0.05, 0.1) is 17.5 Å². The Bertz CT molecular complexity index is 639. The maximum atomic E-state index is 12.5. The molecule has 1 aromatic carbocycles. The molecular weight excluding hydrogens is 292 g/mol. The van der Waals surface area contributed by atoms with Gasteiger partial charge >= 0.3 is 5.97 Å². The Hall–Kier alpha value is -2.04. The summed E-state index contributed by atoms with van der Waals surface area (Å²) < 4.78 is 5.21. The van der Waals surface area contributed by atoms with Crippen molar-refractivity contribution in [1.82, 2.24) is 0 Å². The number of carbonyl (C=O) groups is 2. The highest BCUT2D eigenvalue weighted by molar-refractivity contribution is 6.07. The zero-order valence-electron chi connectivity index (χ0n) is 14.0. The van der Waals surface area contributed by atoms with E-state index >= 15 is 0 Å². The Labute approximate surface area is 137 Å².